The van der Waals surface area contributed by atoms with Gasteiger partial charge in [-0.2, -0.15) is 0 Å². The van der Waals surface area contributed by atoms with Crippen LogP contribution >= 0.6 is 0 Å². The molecule has 0 aromatic rings. The lowest BCUT2D eigenvalue weighted by Crippen LogP contribution is -2.41. The molecule has 4 nitrogen and oxygen atoms in total. The average molecular weight is 253 g/mol. The molecule has 2 aliphatic heterocycles. The largest absolute Gasteiger partial charge is 0.376 e. The molecule has 1 amide bonds. The van der Waals surface area contributed by atoms with E-state index < -0.39 is 0 Å². The summed E-state index contributed by atoms with van der Waals surface area (Å²) in [7, 11) is 0. The summed E-state index contributed by atoms with van der Waals surface area (Å²) in [6.45, 7) is 4.92. The van der Waals surface area contributed by atoms with Gasteiger partial charge >= 0.3 is 0 Å². The second-order valence-electron chi connectivity index (χ2n) is 5.01. The second-order valence-corrected chi connectivity index (χ2v) is 5.01. The molecule has 2 aliphatic rings. The topological polar surface area (TPSA) is 38.8 Å². The number of carbonyl (C=O) groups is 1. The van der Waals surface area contributed by atoms with E-state index >= 15 is 0 Å². The minimum absolute atomic E-state index is 0.0727. The first-order valence-electron chi connectivity index (χ1n) is 6.94. The highest BCUT2D eigenvalue weighted by molar-refractivity contribution is 5.87. The smallest absolute Gasteiger partial charge is 0.246 e. The first-order chi connectivity index (χ1) is 8.79. The van der Waals surface area contributed by atoms with Crippen LogP contribution in [0.25, 0.3) is 0 Å². The van der Waals surface area contributed by atoms with Gasteiger partial charge in [0.1, 0.15) is 0 Å². The summed E-state index contributed by atoms with van der Waals surface area (Å²) in [5.41, 5.74) is 0. The van der Waals surface area contributed by atoms with E-state index in [2.05, 4.69) is 0 Å². The van der Waals surface area contributed by atoms with Crippen molar-refractivity contribution in [3.8, 4) is 0 Å². The average Bonchev–Trinajstić information content (AvgIpc) is 3.01. The lowest BCUT2D eigenvalue weighted by atomic mass is 10.2. The standard InChI is InChI=1S/C14H23NO3/c1-2-5-14(16)15(10-12-6-3-8-17-12)11-13-7-4-9-18-13/h2,5,12-13H,3-4,6-11H2,1H3. The lowest BCUT2D eigenvalue weighted by molar-refractivity contribution is -0.129. The normalized spacial score (nSPS) is 28.1. The van der Waals surface area contributed by atoms with Crippen LogP contribution in [-0.4, -0.2) is 49.3 Å². The number of allylic oxidation sites excluding steroid dienone is 1. The first kappa shape index (κ1) is 13.6. The van der Waals surface area contributed by atoms with Gasteiger partial charge in [0.15, 0.2) is 0 Å². The number of ether oxygens (including phenoxy) is 2. The summed E-state index contributed by atoms with van der Waals surface area (Å²) >= 11 is 0. The number of hydrogen-bond donors (Lipinski definition) is 0. The Morgan fingerprint density at radius 1 is 1.17 bits per heavy atom. The van der Waals surface area contributed by atoms with E-state index in [1.54, 1.807) is 12.2 Å². The summed E-state index contributed by atoms with van der Waals surface area (Å²) < 4.78 is 11.2. The fourth-order valence-corrected chi connectivity index (χ4v) is 2.57. The van der Waals surface area contributed by atoms with Gasteiger partial charge in [-0.05, 0) is 38.7 Å². The van der Waals surface area contributed by atoms with E-state index in [4.69, 9.17) is 9.47 Å². The molecule has 18 heavy (non-hydrogen) atoms. The van der Waals surface area contributed by atoms with Crippen molar-refractivity contribution in [2.75, 3.05) is 26.3 Å². The van der Waals surface area contributed by atoms with Gasteiger partial charge in [0.2, 0.25) is 5.91 Å². The van der Waals surface area contributed by atoms with Crippen molar-refractivity contribution in [1.29, 1.82) is 0 Å². The van der Waals surface area contributed by atoms with Crippen LogP contribution in [0.15, 0.2) is 12.2 Å². The highest BCUT2D eigenvalue weighted by Crippen LogP contribution is 2.17. The van der Waals surface area contributed by atoms with E-state index in [-0.39, 0.29) is 18.1 Å². The van der Waals surface area contributed by atoms with E-state index in [0.29, 0.717) is 13.1 Å². The van der Waals surface area contributed by atoms with Gasteiger partial charge in [0.25, 0.3) is 0 Å². The summed E-state index contributed by atoms with van der Waals surface area (Å²) in [5.74, 6) is 0.0727. The zero-order valence-corrected chi connectivity index (χ0v) is 11.1. The van der Waals surface area contributed by atoms with Crippen LogP contribution in [0.3, 0.4) is 0 Å². The SMILES string of the molecule is CC=CC(=O)N(CC1CCCO1)CC1CCCO1. The third-order valence-corrected chi connectivity index (χ3v) is 3.52. The minimum Gasteiger partial charge on any atom is -0.376 e. The quantitative estimate of drug-likeness (QED) is 0.701. The molecule has 0 aromatic carbocycles. The molecule has 2 unspecified atom stereocenters. The Kier molecular flexibility index (Phi) is 5.20. The molecule has 2 atom stereocenters. The summed E-state index contributed by atoms with van der Waals surface area (Å²) in [6, 6.07) is 0. The molecule has 0 spiro atoms. The number of hydrogen-bond acceptors (Lipinski definition) is 3. The molecule has 0 radical (unpaired) electrons. The van der Waals surface area contributed by atoms with Gasteiger partial charge in [-0.25, -0.2) is 0 Å². The van der Waals surface area contributed by atoms with Crippen molar-refractivity contribution in [2.24, 2.45) is 0 Å². The van der Waals surface area contributed by atoms with E-state index in [0.717, 1.165) is 38.9 Å². The van der Waals surface area contributed by atoms with Crippen LogP contribution in [0.4, 0.5) is 0 Å². The van der Waals surface area contributed by atoms with Crippen molar-refractivity contribution in [3.05, 3.63) is 12.2 Å². The maximum absolute atomic E-state index is 12.0. The Hall–Kier alpha value is -0.870. The lowest BCUT2D eigenvalue weighted by Gasteiger charge is -2.26. The second kappa shape index (κ2) is 6.90. The fraction of sp³-hybridized carbons (Fsp3) is 0.786. The predicted octanol–water partition coefficient (Wildman–Crippen LogP) is 1.75. The molecule has 0 saturated carbocycles. The van der Waals surface area contributed by atoms with Gasteiger partial charge in [-0.1, -0.05) is 6.08 Å². The molecule has 0 N–H and O–H groups in total. The number of carbonyl (C=O) groups excluding carboxylic acids is 1. The van der Waals surface area contributed by atoms with E-state index in [1.165, 1.54) is 0 Å². The molecule has 2 saturated heterocycles. The van der Waals surface area contributed by atoms with Crippen molar-refractivity contribution in [2.45, 2.75) is 44.8 Å². The molecule has 102 valence electrons. The van der Waals surface area contributed by atoms with Gasteiger partial charge in [-0.3, -0.25) is 4.79 Å². The highest BCUT2D eigenvalue weighted by atomic mass is 16.5. The summed E-state index contributed by atoms with van der Waals surface area (Å²) in [6.07, 6.45) is 8.17. The van der Waals surface area contributed by atoms with E-state index in [1.807, 2.05) is 11.8 Å². The van der Waals surface area contributed by atoms with Crippen molar-refractivity contribution in [1.82, 2.24) is 4.90 Å². The zero-order chi connectivity index (χ0) is 12.8. The van der Waals surface area contributed by atoms with Crippen LogP contribution in [-0.2, 0) is 14.3 Å². The van der Waals surface area contributed by atoms with Gasteiger partial charge in [0.05, 0.1) is 12.2 Å². The van der Waals surface area contributed by atoms with Gasteiger partial charge < -0.3 is 14.4 Å². The van der Waals surface area contributed by atoms with Gasteiger partial charge in [-0.15, -0.1) is 0 Å². The summed E-state index contributed by atoms with van der Waals surface area (Å²) in [4.78, 5) is 13.9. The molecule has 0 bridgehead atoms. The highest BCUT2D eigenvalue weighted by Gasteiger charge is 2.25. The Morgan fingerprint density at radius 2 is 1.72 bits per heavy atom. The van der Waals surface area contributed by atoms with E-state index in [9.17, 15) is 4.79 Å². The van der Waals surface area contributed by atoms with Crippen molar-refractivity contribution >= 4 is 5.91 Å². The van der Waals surface area contributed by atoms with Crippen LogP contribution in [0.2, 0.25) is 0 Å². The number of rotatable bonds is 5. The zero-order valence-electron chi connectivity index (χ0n) is 11.1. The molecule has 4 heteroatoms. The number of amides is 1. The Bertz CT molecular complexity index is 273. The van der Waals surface area contributed by atoms with Crippen molar-refractivity contribution in [3.63, 3.8) is 0 Å². The Labute approximate surface area is 109 Å². The molecule has 2 heterocycles. The van der Waals surface area contributed by atoms with Crippen LogP contribution in [0.1, 0.15) is 32.6 Å². The van der Waals surface area contributed by atoms with Crippen molar-refractivity contribution < 1.29 is 14.3 Å². The minimum atomic E-state index is 0.0727. The van der Waals surface area contributed by atoms with Crippen LogP contribution in [0.5, 0.6) is 0 Å². The summed E-state index contributed by atoms with van der Waals surface area (Å²) in [5, 5.41) is 0. The fourth-order valence-electron chi connectivity index (χ4n) is 2.57. The molecule has 2 fully saturated rings. The maximum atomic E-state index is 12.0. The molecule has 0 aliphatic carbocycles. The van der Waals surface area contributed by atoms with Crippen LogP contribution in [0, 0.1) is 0 Å². The molecule has 2 rings (SSSR count). The Morgan fingerprint density at radius 3 is 2.11 bits per heavy atom. The third kappa shape index (κ3) is 3.82. The van der Waals surface area contributed by atoms with Gasteiger partial charge in [0, 0.05) is 26.3 Å². The monoisotopic (exact) mass is 253 g/mol. The molecular weight excluding hydrogens is 230 g/mol. The third-order valence-electron chi connectivity index (χ3n) is 3.52. The molecule has 0 aromatic heterocycles. The maximum Gasteiger partial charge on any atom is 0.246 e. The first-order valence-corrected chi connectivity index (χ1v) is 6.94. The van der Waals surface area contributed by atoms with Crippen LogP contribution < -0.4 is 0 Å². The molecular formula is C14H23NO3. The number of nitrogens with zero attached hydrogens (tertiary/aromatic N) is 1. The predicted molar refractivity (Wildman–Crippen MR) is 69.3 cm³/mol. The Balaban J connectivity index is 1.89.